The first-order chi connectivity index (χ1) is 10.3. The van der Waals surface area contributed by atoms with Gasteiger partial charge >= 0.3 is 0 Å². The van der Waals surface area contributed by atoms with Gasteiger partial charge in [0.25, 0.3) is 0 Å². The zero-order valence-corrected chi connectivity index (χ0v) is 15.7. The minimum Gasteiger partial charge on any atom is -0.339 e. The van der Waals surface area contributed by atoms with Crippen molar-refractivity contribution in [3.63, 3.8) is 0 Å². The van der Waals surface area contributed by atoms with Gasteiger partial charge in [-0.25, -0.2) is 0 Å². The number of likely N-dealkylation sites (N-methyl/N-ethyl adjacent to an activating group) is 1. The largest absolute Gasteiger partial charge is 0.339 e. The van der Waals surface area contributed by atoms with E-state index in [1.165, 1.54) is 0 Å². The average molecular weight is 346 g/mol. The summed E-state index contributed by atoms with van der Waals surface area (Å²) in [5.74, 6) is 0.283. The minimum absolute atomic E-state index is 0. The first-order valence-electron chi connectivity index (χ1n) is 8.57. The van der Waals surface area contributed by atoms with Crippen molar-refractivity contribution < 1.29 is 9.59 Å². The SMILES string of the molecule is CNC1CCCN(C(=O)C2CCCN2C(=O)CC(C)(C)C)C1.Cl. The molecule has 2 saturated heterocycles. The topological polar surface area (TPSA) is 52.7 Å². The number of hydrogen-bond acceptors (Lipinski definition) is 3. The summed E-state index contributed by atoms with van der Waals surface area (Å²) in [6, 6.07) is 0.156. The van der Waals surface area contributed by atoms with Gasteiger partial charge in [-0.2, -0.15) is 0 Å². The molecule has 2 aliphatic rings. The van der Waals surface area contributed by atoms with Crippen LogP contribution in [0.15, 0.2) is 0 Å². The molecular weight excluding hydrogens is 314 g/mol. The molecule has 6 heteroatoms. The number of rotatable bonds is 3. The number of amides is 2. The lowest BCUT2D eigenvalue weighted by atomic mass is 9.91. The lowest BCUT2D eigenvalue weighted by molar-refractivity contribution is -0.145. The van der Waals surface area contributed by atoms with Gasteiger partial charge in [-0.15, -0.1) is 12.4 Å². The molecule has 5 nitrogen and oxygen atoms in total. The number of likely N-dealkylation sites (tertiary alicyclic amines) is 2. The molecule has 2 amide bonds. The van der Waals surface area contributed by atoms with Crippen LogP contribution in [0.2, 0.25) is 0 Å². The van der Waals surface area contributed by atoms with Crippen molar-refractivity contribution >= 4 is 24.2 Å². The van der Waals surface area contributed by atoms with E-state index in [0.29, 0.717) is 12.5 Å². The van der Waals surface area contributed by atoms with E-state index in [0.717, 1.165) is 45.3 Å². The third-order valence-corrected chi connectivity index (χ3v) is 4.68. The van der Waals surface area contributed by atoms with Crippen molar-refractivity contribution in [1.29, 1.82) is 0 Å². The summed E-state index contributed by atoms with van der Waals surface area (Å²) in [7, 11) is 1.95. The summed E-state index contributed by atoms with van der Waals surface area (Å²) in [4.78, 5) is 29.2. The van der Waals surface area contributed by atoms with Crippen LogP contribution in [0, 0.1) is 5.41 Å². The monoisotopic (exact) mass is 345 g/mol. The second-order valence-electron chi connectivity index (χ2n) is 7.89. The molecule has 1 N–H and O–H groups in total. The second kappa shape index (κ2) is 8.34. The second-order valence-corrected chi connectivity index (χ2v) is 7.89. The molecule has 2 heterocycles. The van der Waals surface area contributed by atoms with E-state index >= 15 is 0 Å². The first kappa shape index (κ1) is 20.2. The van der Waals surface area contributed by atoms with Crippen LogP contribution in [-0.4, -0.2) is 60.4 Å². The van der Waals surface area contributed by atoms with Gasteiger partial charge in [0.1, 0.15) is 6.04 Å². The number of halogens is 1. The molecule has 0 aliphatic carbocycles. The third-order valence-electron chi connectivity index (χ3n) is 4.68. The number of carbonyl (C=O) groups excluding carboxylic acids is 2. The number of nitrogens with zero attached hydrogens (tertiary/aromatic N) is 2. The normalized spacial score (nSPS) is 25.2. The van der Waals surface area contributed by atoms with Gasteiger partial charge in [0, 0.05) is 32.1 Å². The number of piperidine rings is 1. The maximum atomic E-state index is 12.8. The highest BCUT2D eigenvalue weighted by Gasteiger charge is 2.38. The summed E-state index contributed by atoms with van der Waals surface area (Å²) in [6.07, 6.45) is 4.43. The van der Waals surface area contributed by atoms with Crippen molar-refractivity contribution in [1.82, 2.24) is 15.1 Å². The van der Waals surface area contributed by atoms with Crippen LogP contribution >= 0.6 is 12.4 Å². The van der Waals surface area contributed by atoms with Gasteiger partial charge in [0.15, 0.2) is 0 Å². The van der Waals surface area contributed by atoms with Crippen molar-refractivity contribution in [2.24, 2.45) is 5.41 Å². The van der Waals surface area contributed by atoms with E-state index in [1.807, 2.05) is 16.8 Å². The number of carbonyl (C=O) groups is 2. The zero-order valence-electron chi connectivity index (χ0n) is 14.9. The molecule has 23 heavy (non-hydrogen) atoms. The fraction of sp³-hybridized carbons (Fsp3) is 0.882. The number of hydrogen-bond donors (Lipinski definition) is 1. The maximum absolute atomic E-state index is 12.8. The van der Waals surface area contributed by atoms with Crippen LogP contribution in [0.5, 0.6) is 0 Å². The summed E-state index contributed by atoms with van der Waals surface area (Å²) in [6.45, 7) is 8.54. The molecule has 0 aromatic heterocycles. The van der Waals surface area contributed by atoms with Crippen LogP contribution in [0.1, 0.15) is 52.9 Å². The van der Waals surface area contributed by atoms with Gasteiger partial charge < -0.3 is 15.1 Å². The highest BCUT2D eigenvalue weighted by Crippen LogP contribution is 2.26. The van der Waals surface area contributed by atoms with Crippen LogP contribution in [0.3, 0.4) is 0 Å². The maximum Gasteiger partial charge on any atom is 0.245 e. The molecule has 0 spiro atoms. The van der Waals surface area contributed by atoms with Crippen LogP contribution < -0.4 is 5.32 Å². The van der Waals surface area contributed by atoms with Gasteiger partial charge in [-0.1, -0.05) is 20.8 Å². The van der Waals surface area contributed by atoms with Crippen LogP contribution in [-0.2, 0) is 9.59 Å². The lowest BCUT2D eigenvalue weighted by Crippen LogP contribution is -2.53. The molecule has 2 unspecified atom stereocenters. The Morgan fingerprint density at radius 2 is 1.78 bits per heavy atom. The Labute approximate surface area is 146 Å². The Bertz CT molecular complexity index is 423. The zero-order chi connectivity index (χ0) is 16.3. The van der Waals surface area contributed by atoms with E-state index in [4.69, 9.17) is 0 Å². The van der Waals surface area contributed by atoms with Crippen LogP contribution in [0.25, 0.3) is 0 Å². The van der Waals surface area contributed by atoms with Crippen LogP contribution in [0.4, 0.5) is 0 Å². The molecule has 2 rings (SSSR count). The third kappa shape index (κ3) is 5.35. The van der Waals surface area contributed by atoms with Gasteiger partial charge in [-0.3, -0.25) is 9.59 Å². The molecule has 0 saturated carbocycles. The molecule has 134 valence electrons. The fourth-order valence-corrected chi connectivity index (χ4v) is 3.50. The summed E-state index contributed by atoms with van der Waals surface area (Å²) >= 11 is 0. The number of nitrogens with one attached hydrogen (secondary N) is 1. The highest BCUT2D eigenvalue weighted by atomic mass is 35.5. The quantitative estimate of drug-likeness (QED) is 0.851. The lowest BCUT2D eigenvalue weighted by Gasteiger charge is -2.36. The molecular formula is C17H32ClN3O2. The molecule has 2 fully saturated rings. The van der Waals surface area contributed by atoms with Crippen molar-refractivity contribution in [2.45, 2.75) is 65.0 Å². The molecule has 2 atom stereocenters. The van der Waals surface area contributed by atoms with E-state index in [-0.39, 0.29) is 35.7 Å². The highest BCUT2D eigenvalue weighted by molar-refractivity contribution is 5.88. The molecule has 2 aliphatic heterocycles. The Morgan fingerprint density at radius 3 is 2.39 bits per heavy atom. The fourth-order valence-electron chi connectivity index (χ4n) is 3.50. The smallest absolute Gasteiger partial charge is 0.245 e. The summed E-state index contributed by atoms with van der Waals surface area (Å²) in [5, 5.41) is 3.27. The standard InChI is InChI=1S/C17H31N3O2.ClH/c1-17(2,3)11-15(21)20-10-6-8-14(20)16(22)19-9-5-7-13(12-19)18-4;/h13-14,18H,5-12H2,1-4H3;1H. The molecule has 0 aromatic rings. The van der Waals surface area contributed by atoms with E-state index in [2.05, 4.69) is 26.1 Å². The Balaban J connectivity index is 0.00000264. The van der Waals surface area contributed by atoms with E-state index in [1.54, 1.807) is 0 Å². The summed E-state index contributed by atoms with van der Waals surface area (Å²) in [5.41, 5.74) is -0.0321. The predicted molar refractivity (Wildman–Crippen MR) is 94.7 cm³/mol. The Morgan fingerprint density at radius 1 is 1.13 bits per heavy atom. The Kier molecular flexibility index (Phi) is 7.33. The Hall–Kier alpha value is -0.810. The summed E-state index contributed by atoms with van der Waals surface area (Å²) < 4.78 is 0. The van der Waals surface area contributed by atoms with Crippen molar-refractivity contribution in [2.75, 3.05) is 26.7 Å². The van der Waals surface area contributed by atoms with Gasteiger partial charge in [0.05, 0.1) is 0 Å². The van der Waals surface area contributed by atoms with E-state index < -0.39 is 0 Å². The molecule has 0 radical (unpaired) electrons. The van der Waals surface area contributed by atoms with Gasteiger partial charge in [0.2, 0.25) is 11.8 Å². The van der Waals surface area contributed by atoms with E-state index in [9.17, 15) is 9.59 Å². The molecule has 0 bridgehead atoms. The predicted octanol–water partition coefficient (Wildman–Crippen LogP) is 2.05. The van der Waals surface area contributed by atoms with Crippen molar-refractivity contribution in [3.05, 3.63) is 0 Å². The van der Waals surface area contributed by atoms with Gasteiger partial charge in [-0.05, 0) is 38.1 Å². The minimum atomic E-state index is -0.231. The van der Waals surface area contributed by atoms with Crippen molar-refractivity contribution in [3.8, 4) is 0 Å². The molecule has 0 aromatic carbocycles. The average Bonchev–Trinajstić information content (AvgIpc) is 2.94. The first-order valence-corrected chi connectivity index (χ1v) is 8.57.